The number of halogens is 1. The predicted molar refractivity (Wildman–Crippen MR) is 84.2 cm³/mol. The smallest absolute Gasteiger partial charge is 0.0637 e. The molecule has 19 heavy (non-hydrogen) atoms. The fourth-order valence-electron chi connectivity index (χ4n) is 2.18. The zero-order valence-corrected chi connectivity index (χ0v) is 12.7. The summed E-state index contributed by atoms with van der Waals surface area (Å²) in [5, 5.41) is 4.20. The average molecular weight is 274 g/mol. The Balaban J connectivity index is 2.19. The highest BCUT2D eigenvalue weighted by Crippen LogP contribution is 2.24. The van der Waals surface area contributed by atoms with Crippen molar-refractivity contribution in [1.82, 2.24) is 0 Å². The van der Waals surface area contributed by atoms with Crippen molar-refractivity contribution in [3.8, 4) is 0 Å². The van der Waals surface area contributed by atoms with Crippen LogP contribution in [0.4, 0.5) is 5.69 Å². The number of aryl methyl sites for hydroxylation is 4. The lowest BCUT2D eigenvalue weighted by Gasteiger charge is -2.13. The average Bonchev–Trinajstić information content (AvgIpc) is 2.36. The van der Waals surface area contributed by atoms with E-state index in [4.69, 9.17) is 11.6 Å². The Morgan fingerprint density at radius 3 is 2.32 bits per heavy atom. The zero-order valence-electron chi connectivity index (χ0n) is 12.0. The molecule has 2 rings (SSSR count). The number of nitrogens with one attached hydrogen (secondary N) is 1. The monoisotopic (exact) mass is 273 g/mol. The van der Waals surface area contributed by atoms with Gasteiger partial charge in [-0.3, -0.25) is 0 Å². The molecule has 1 nitrogen and oxygen atoms in total. The standard InChI is InChI=1S/C17H20ClN/c1-11-5-6-16(18)17(7-11)19-10-15-9-13(3)12(2)8-14(15)4/h5-9,19H,10H2,1-4H3. The second-order valence-electron chi connectivity index (χ2n) is 5.20. The largest absolute Gasteiger partial charge is 0.380 e. The summed E-state index contributed by atoms with van der Waals surface area (Å²) in [7, 11) is 0. The van der Waals surface area contributed by atoms with Crippen molar-refractivity contribution >= 4 is 17.3 Å². The van der Waals surface area contributed by atoms with Crippen LogP contribution in [0, 0.1) is 27.7 Å². The summed E-state index contributed by atoms with van der Waals surface area (Å²) in [6.45, 7) is 9.33. The SMILES string of the molecule is Cc1ccc(Cl)c(NCc2cc(C)c(C)cc2C)c1. The van der Waals surface area contributed by atoms with E-state index in [0.717, 1.165) is 17.3 Å². The second kappa shape index (κ2) is 5.66. The van der Waals surface area contributed by atoms with E-state index in [1.165, 1.54) is 27.8 Å². The number of rotatable bonds is 3. The fraction of sp³-hybridized carbons (Fsp3) is 0.294. The van der Waals surface area contributed by atoms with E-state index in [-0.39, 0.29) is 0 Å². The van der Waals surface area contributed by atoms with Gasteiger partial charge < -0.3 is 5.32 Å². The van der Waals surface area contributed by atoms with E-state index in [9.17, 15) is 0 Å². The molecular weight excluding hydrogens is 254 g/mol. The summed E-state index contributed by atoms with van der Waals surface area (Å²) in [6, 6.07) is 10.5. The number of benzene rings is 2. The van der Waals surface area contributed by atoms with Gasteiger partial charge in [0.15, 0.2) is 0 Å². The lowest BCUT2D eigenvalue weighted by atomic mass is 10.0. The molecule has 2 aromatic carbocycles. The maximum atomic E-state index is 6.20. The van der Waals surface area contributed by atoms with Crippen molar-refractivity contribution in [2.45, 2.75) is 34.2 Å². The molecule has 2 heteroatoms. The molecule has 1 N–H and O–H groups in total. The zero-order chi connectivity index (χ0) is 14.0. The van der Waals surface area contributed by atoms with Gasteiger partial charge in [-0.2, -0.15) is 0 Å². The molecule has 0 aliphatic carbocycles. The maximum absolute atomic E-state index is 6.20. The molecule has 0 fully saturated rings. The fourth-order valence-corrected chi connectivity index (χ4v) is 2.36. The summed E-state index contributed by atoms with van der Waals surface area (Å²) >= 11 is 6.20. The molecule has 0 aliphatic rings. The molecule has 0 heterocycles. The minimum atomic E-state index is 0.770. The Labute approximate surface area is 120 Å². The van der Waals surface area contributed by atoms with Crippen LogP contribution in [-0.2, 0) is 6.54 Å². The van der Waals surface area contributed by atoms with Crippen molar-refractivity contribution in [2.24, 2.45) is 0 Å². The molecule has 0 aliphatic heterocycles. The van der Waals surface area contributed by atoms with Gasteiger partial charge in [0.25, 0.3) is 0 Å². The molecule has 0 bridgehead atoms. The Morgan fingerprint density at radius 2 is 1.58 bits per heavy atom. The van der Waals surface area contributed by atoms with E-state index in [1.54, 1.807) is 0 Å². The van der Waals surface area contributed by atoms with Gasteiger partial charge in [0.1, 0.15) is 0 Å². The Kier molecular flexibility index (Phi) is 4.16. The van der Waals surface area contributed by atoms with E-state index >= 15 is 0 Å². The molecule has 0 spiro atoms. The molecule has 0 saturated carbocycles. The van der Waals surface area contributed by atoms with Crippen LogP contribution in [-0.4, -0.2) is 0 Å². The Morgan fingerprint density at radius 1 is 0.895 bits per heavy atom. The molecule has 100 valence electrons. The van der Waals surface area contributed by atoms with Crippen LogP contribution in [0.15, 0.2) is 30.3 Å². The molecule has 0 aromatic heterocycles. The predicted octanol–water partition coefficient (Wildman–Crippen LogP) is 5.19. The second-order valence-corrected chi connectivity index (χ2v) is 5.61. The number of hydrogen-bond acceptors (Lipinski definition) is 1. The van der Waals surface area contributed by atoms with Gasteiger partial charge >= 0.3 is 0 Å². The third-order valence-electron chi connectivity index (χ3n) is 3.54. The highest BCUT2D eigenvalue weighted by molar-refractivity contribution is 6.33. The summed E-state index contributed by atoms with van der Waals surface area (Å²) in [5.74, 6) is 0. The third kappa shape index (κ3) is 3.30. The third-order valence-corrected chi connectivity index (χ3v) is 3.87. The van der Waals surface area contributed by atoms with E-state index in [1.807, 2.05) is 12.1 Å². The van der Waals surface area contributed by atoms with Gasteiger partial charge in [0.05, 0.1) is 10.7 Å². The van der Waals surface area contributed by atoms with Gasteiger partial charge in [0, 0.05) is 6.54 Å². The van der Waals surface area contributed by atoms with Crippen molar-refractivity contribution in [1.29, 1.82) is 0 Å². The van der Waals surface area contributed by atoms with Crippen molar-refractivity contribution in [3.63, 3.8) is 0 Å². The van der Waals surface area contributed by atoms with Gasteiger partial charge in [0.2, 0.25) is 0 Å². The van der Waals surface area contributed by atoms with Crippen molar-refractivity contribution in [2.75, 3.05) is 5.32 Å². The summed E-state index contributed by atoms with van der Waals surface area (Å²) in [5.41, 5.74) is 7.52. The lowest BCUT2D eigenvalue weighted by Crippen LogP contribution is -2.03. The quantitative estimate of drug-likeness (QED) is 0.812. The molecular formula is C17H20ClN. The first-order valence-corrected chi connectivity index (χ1v) is 6.92. The molecule has 0 amide bonds. The van der Waals surface area contributed by atoms with E-state index < -0.39 is 0 Å². The van der Waals surface area contributed by atoms with Crippen LogP contribution in [0.2, 0.25) is 5.02 Å². The van der Waals surface area contributed by atoms with E-state index in [2.05, 4.69) is 51.2 Å². The first kappa shape index (κ1) is 14.0. The minimum Gasteiger partial charge on any atom is -0.380 e. The lowest BCUT2D eigenvalue weighted by molar-refractivity contribution is 1.10. The van der Waals surface area contributed by atoms with Gasteiger partial charge in [-0.25, -0.2) is 0 Å². The molecule has 0 radical (unpaired) electrons. The minimum absolute atomic E-state index is 0.770. The maximum Gasteiger partial charge on any atom is 0.0637 e. The number of hydrogen-bond donors (Lipinski definition) is 1. The van der Waals surface area contributed by atoms with Crippen molar-refractivity contribution in [3.05, 3.63) is 63.2 Å². The Hall–Kier alpha value is -1.47. The van der Waals surface area contributed by atoms with Crippen LogP contribution in [0.5, 0.6) is 0 Å². The van der Waals surface area contributed by atoms with Crippen LogP contribution in [0.1, 0.15) is 27.8 Å². The molecule has 0 atom stereocenters. The summed E-state index contributed by atoms with van der Waals surface area (Å²) in [6.07, 6.45) is 0. The van der Waals surface area contributed by atoms with Gasteiger partial charge in [-0.05, 0) is 67.6 Å². The van der Waals surface area contributed by atoms with Crippen LogP contribution >= 0.6 is 11.6 Å². The first-order valence-electron chi connectivity index (χ1n) is 6.54. The van der Waals surface area contributed by atoms with Crippen LogP contribution < -0.4 is 5.32 Å². The van der Waals surface area contributed by atoms with E-state index in [0.29, 0.717) is 0 Å². The highest BCUT2D eigenvalue weighted by Gasteiger charge is 2.04. The van der Waals surface area contributed by atoms with Gasteiger partial charge in [-0.15, -0.1) is 0 Å². The normalized spacial score (nSPS) is 10.6. The topological polar surface area (TPSA) is 12.0 Å². The Bertz CT molecular complexity index is 602. The molecule has 2 aromatic rings. The van der Waals surface area contributed by atoms with Gasteiger partial charge in [-0.1, -0.05) is 29.8 Å². The van der Waals surface area contributed by atoms with Crippen molar-refractivity contribution < 1.29 is 0 Å². The first-order chi connectivity index (χ1) is 8.97. The summed E-state index contributed by atoms with van der Waals surface area (Å²) < 4.78 is 0. The number of anilines is 1. The molecule has 0 saturated heterocycles. The molecule has 0 unspecified atom stereocenters. The van der Waals surface area contributed by atoms with Crippen LogP contribution in [0.25, 0.3) is 0 Å². The van der Waals surface area contributed by atoms with Crippen LogP contribution in [0.3, 0.4) is 0 Å². The summed E-state index contributed by atoms with van der Waals surface area (Å²) in [4.78, 5) is 0. The highest BCUT2D eigenvalue weighted by atomic mass is 35.5.